The molecule has 20 heavy (non-hydrogen) atoms. The van der Waals surface area contributed by atoms with Gasteiger partial charge in [-0.25, -0.2) is 4.79 Å². The van der Waals surface area contributed by atoms with Gasteiger partial charge in [0.05, 0.1) is 6.54 Å². The Labute approximate surface area is 116 Å². The maximum absolute atomic E-state index is 11.7. The van der Waals surface area contributed by atoms with Crippen LogP contribution in [0.5, 0.6) is 0 Å². The van der Waals surface area contributed by atoms with Crippen molar-refractivity contribution in [2.75, 3.05) is 6.54 Å². The zero-order valence-corrected chi connectivity index (χ0v) is 10.8. The second-order valence-electron chi connectivity index (χ2n) is 4.77. The number of carboxylic acids is 1. The molecule has 6 heteroatoms. The lowest BCUT2D eigenvalue weighted by atomic mass is 10.2. The summed E-state index contributed by atoms with van der Waals surface area (Å²) < 4.78 is 0. The van der Waals surface area contributed by atoms with Crippen LogP contribution in [0.4, 0.5) is 0 Å². The van der Waals surface area contributed by atoms with Gasteiger partial charge in [0, 0.05) is 5.56 Å². The van der Waals surface area contributed by atoms with Crippen molar-refractivity contribution >= 4 is 17.8 Å². The van der Waals surface area contributed by atoms with Gasteiger partial charge in [0.1, 0.15) is 6.04 Å². The number of benzene rings is 1. The minimum absolute atomic E-state index is 0.0151. The van der Waals surface area contributed by atoms with E-state index in [0.717, 1.165) is 12.8 Å². The molecule has 0 aromatic heterocycles. The normalized spacial score (nSPS) is 15.2. The summed E-state index contributed by atoms with van der Waals surface area (Å²) in [5.74, 6) is -1.87. The van der Waals surface area contributed by atoms with Crippen LogP contribution in [0.2, 0.25) is 0 Å². The first-order valence-corrected chi connectivity index (χ1v) is 6.43. The summed E-state index contributed by atoms with van der Waals surface area (Å²) in [4.78, 5) is 34.3. The molecule has 6 nitrogen and oxygen atoms in total. The SMILES string of the molecule is O=C(CNC(=O)c1ccccc1)NC(C(=O)O)C1CC1. The van der Waals surface area contributed by atoms with Crippen LogP contribution in [0.3, 0.4) is 0 Å². The zero-order chi connectivity index (χ0) is 14.5. The highest BCUT2D eigenvalue weighted by atomic mass is 16.4. The molecule has 1 aliphatic carbocycles. The van der Waals surface area contributed by atoms with E-state index in [0.29, 0.717) is 5.56 Å². The molecule has 0 spiro atoms. The van der Waals surface area contributed by atoms with Gasteiger partial charge in [0.2, 0.25) is 5.91 Å². The molecule has 3 N–H and O–H groups in total. The lowest BCUT2D eigenvalue weighted by Crippen LogP contribution is -2.46. The van der Waals surface area contributed by atoms with Gasteiger partial charge >= 0.3 is 5.97 Å². The largest absolute Gasteiger partial charge is 0.480 e. The van der Waals surface area contributed by atoms with Gasteiger partial charge < -0.3 is 15.7 Å². The Morgan fingerprint density at radius 1 is 1.20 bits per heavy atom. The van der Waals surface area contributed by atoms with E-state index in [9.17, 15) is 14.4 Å². The van der Waals surface area contributed by atoms with Gasteiger partial charge in [-0.3, -0.25) is 9.59 Å². The smallest absolute Gasteiger partial charge is 0.326 e. The molecule has 0 aliphatic heterocycles. The van der Waals surface area contributed by atoms with Crippen LogP contribution in [-0.2, 0) is 9.59 Å². The predicted molar refractivity (Wildman–Crippen MR) is 71.1 cm³/mol. The van der Waals surface area contributed by atoms with Crippen molar-refractivity contribution in [1.29, 1.82) is 0 Å². The first kappa shape index (κ1) is 14.0. The van der Waals surface area contributed by atoms with Gasteiger partial charge in [-0.15, -0.1) is 0 Å². The standard InChI is InChI=1S/C14H16N2O4/c17-11(16-12(14(19)20)9-6-7-9)8-15-13(18)10-4-2-1-3-5-10/h1-5,9,12H,6-8H2,(H,15,18)(H,16,17)(H,19,20). The maximum Gasteiger partial charge on any atom is 0.326 e. The minimum Gasteiger partial charge on any atom is -0.480 e. The summed E-state index contributed by atoms with van der Waals surface area (Å²) in [5, 5.41) is 13.9. The van der Waals surface area contributed by atoms with Crippen molar-refractivity contribution in [1.82, 2.24) is 10.6 Å². The Kier molecular flexibility index (Phi) is 4.34. The van der Waals surface area contributed by atoms with E-state index in [1.165, 1.54) is 0 Å². The average Bonchev–Trinajstić information content (AvgIpc) is 3.27. The number of carbonyl (C=O) groups excluding carboxylic acids is 2. The van der Waals surface area contributed by atoms with Crippen LogP contribution >= 0.6 is 0 Å². The number of hydrogen-bond acceptors (Lipinski definition) is 3. The van der Waals surface area contributed by atoms with Gasteiger partial charge in [0.15, 0.2) is 0 Å². The molecule has 2 amide bonds. The zero-order valence-electron chi connectivity index (χ0n) is 10.8. The molecule has 1 aromatic carbocycles. The molecule has 0 saturated heterocycles. The quantitative estimate of drug-likeness (QED) is 0.700. The Morgan fingerprint density at radius 3 is 2.40 bits per heavy atom. The maximum atomic E-state index is 11.7. The number of carboxylic acid groups (broad SMARTS) is 1. The van der Waals surface area contributed by atoms with E-state index < -0.39 is 17.9 Å². The van der Waals surface area contributed by atoms with Crippen LogP contribution in [0.1, 0.15) is 23.2 Å². The molecule has 0 radical (unpaired) electrons. The monoisotopic (exact) mass is 276 g/mol. The van der Waals surface area contributed by atoms with Crippen LogP contribution in [0, 0.1) is 5.92 Å². The second-order valence-corrected chi connectivity index (χ2v) is 4.77. The van der Waals surface area contributed by atoms with E-state index in [2.05, 4.69) is 10.6 Å². The Hall–Kier alpha value is -2.37. The first-order chi connectivity index (χ1) is 9.58. The molecule has 1 saturated carbocycles. The Bertz CT molecular complexity index is 511. The number of aliphatic carboxylic acids is 1. The van der Waals surface area contributed by atoms with E-state index in [-0.39, 0.29) is 18.4 Å². The van der Waals surface area contributed by atoms with Crippen LogP contribution < -0.4 is 10.6 Å². The molecular formula is C14H16N2O4. The lowest BCUT2D eigenvalue weighted by molar-refractivity contribution is -0.142. The molecular weight excluding hydrogens is 260 g/mol. The topological polar surface area (TPSA) is 95.5 Å². The fraction of sp³-hybridized carbons (Fsp3) is 0.357. The van der Waals surface area contributed by atoms with Crippen LogP contribution in [0.25, 0.3) is 0 Å². The van der Waals surface area contributed by atoms with E-state index in [4.69, 9.17) is 5.11 Å². The molecule has 106 valence electrons. The summed E-state index contributed by atoms with van der Waals surface area (Å²) in [7, 11) is 0. The van der Waals surface area contributed by atoms with Gasteiger partial charge in [-0.1, -0.05) is 18.2 Å². The first-order valence-electron chi connectivity index (χ1n) is 6.43. The third-order valence-corrected chi connectivity index (χ3v) is 3.12. The fourth-order valence-electron chi connectivity index (χ4n) is 1.89. The highest BCUT2D eigenvalue weighted by Gasteiger charge is 2.37. The van der Waals surface area contributed by atoms with Crippen molar-refractivity contribution in [3.8, 4) is 0 Å². The molecule has 2 rings (SSSR count). The third-order valence-electron chi connectivity index (χ3n) is 3.12. The van der Waals surface area contributed by atoms with E-state index in [1.807, 2.05) is 0 Å². The molecule has 0 bridgehead atoms. The van der Waals surface area contributed by atoms with Crippen molar-refractivity contribution in [3.05, 3.63) is 35.9 Å². The van der Waals surface area contributed by atoms with Crippen molar-refractivity contribution < 1.29 is 19.5 Å². The van der Waals surface area contributed by atoms with Gasteiger partial charge in [-0.2, -0.15) is 0 Å². The van der Waals surface area contributed by atoms with Crippen molar-refractivity contribution in [2.24, 2.45) is 5.92 Å². The number of carbonyl (C=O) groups is 3. The Balaban J connectivity index is 1.80. The number of rotatable bonds is 6. The molecule has 1 fully saturated rings. The fourth-order valence-corrected chi connectivity index (χ4v) is 1.89. The molecule has 1 atom stereocenters. The Morgan fingerprint density at radius 2 is 1.85 bits per heavy atom. The molecule has 0 heterocycles. The summed E-state index contributed by atoms with van der Waals surface area (Å²) in [5.41, 5.74) is 0.456. The molecule has 1 unspecified atom stereocenters. The van der Waals surface area contributed by atoms with E-state index in [1.54, 1.807) is 30.3 Å². The van der Waals surface area contributed by atoms with Crippen molar-refractivity contribution in [2.45, 2.75) is 18.9 Å². The summed E-state index contributed by atoms with van der Waals surface area (Å²) in [6.45, 7) is -0.232. The van der Waals surface area contributed by atoms with Crippen LogP contribution in [-0.4, -0.2) is 35.5 Å². The highest BCUT2D eigenvalue weighted by molar-refractivity contribution is 5.96. The van der Waals surface area contributed by atoms with Gasteiger partial charge in [0.25, 0.3) is 5.91 Å². The number of hydrogen-bond donors (Lipinski definition) is 3. The summed E-state index contributed by atoms with van der Waals surface area (Å²) in [6.07, 6.45) is 1.63. The van der Waals surface area contributed by atoms with Crippen molar-refractivity contribution in [3.63, 3.8) is 0 Å². The lowest BCUT2D eigenvalue weighted by Gasteiger charge is -2.13. The molecule has 1 aliphatic rings. The second kappa shape index (κ2) is 6.18. The number of nitrogens with one attached hydrogen (secondary N) is 2. The predicted octanol–water partition coefficient (Wildman–Crippen LogP) is 0.396. The minimum atomic E-state index is -1.03. The number of amides is 2. The van der Waals surface area contributed by atoms with Crippen LogP contribution in [0.15, 0.2) is 30.3 Å². The highest BCUT2D eigenvalue weighted by Crippen LogP contribution is 2.32. The summed E-state index contributed by atoms with van der Waals surface area (Å²) in [6, 6.07) is 7.66. The third kappa shape index (κ3) is 3.81. The summed E-state index contributed by atoms with van der Waals surface area (Å²) >= 11 is 0. The van der Waals surface area contributed by atoms with E-state index >= 15 is 0 Å². The average molecular weight is 276 g/mol. The van der Waals surface area contributed by atoms with Gasteiger partial charge in [-0.05, 0) is 30.9 Å². The molecule has 1 aromatic rings.